The van der Waals surface area contributed by atoms with Gasteiger partial charge in [-0.3, -0.25) is 4.79 Å². The van der Waals surface area contributed by atoms with Crippen LogP contribution in [0.1, 0.15) is 10.6 Å². The SMILES string of the molecule is O=C(O)c1oc2ccccc2c(=O)c1Br. The summed E-state index contributed by atoms with van der Waals surface area (Å²) in [5, 5.41) is 9.14. The molecule has 0 aliphatic heterocycles. The van der Waals surface area contributed by atoms with Crippen LogP contribution >= 0.6 is 15.9 Å². The number of carboxylic acid groups (broad SMARTS) is 1. The predicted molar refractivity (Wildman–Crippen MR) is 57.1 cm³/mol. The van der Waals surface area contributed by atoms with Crippen LogP contribution in [0.3, 0.4) is 0 Å². The first-order chi connectivity index (χ1) is 7.11. The van der Waals surface area contributed by atoms with E-state index in [4.69, 9.17) is 9.52 Å². The van der Waals surface area contributed by atoms with Gasteiger partial charge in [0, 0.05) is 0 Å². The largest absolute Gasteiger partial charge is 0.475 e. The number of para-hydroxylation sites is 1. The van der Waals surface area contributed by atoms with E-state index >= 15 is 0 Å². The van der Waals surface area contributed by atoms with Crippen LogP contribution in [0.5, 0.6) is 0 Å². The second kappa shape index (κ2) is 3.51. The Kier molecular flexibility index (Phi) is 2.32. The van der Waals surface area contributed by atoms with Crippen molar-refractivity contribution in [2.75, 3.05) is 0 Å². The Morgan fingerprint density at radius 1 is 1.33 bits per heavy atom. The fourth-order valence-corrected chi connectivity index (χ4v) is 1.72. The highest BCUT2D eigenvalue weighted by Crippen LogP contribution is 2.19. The van der Waals surface area contributed by atoms with Gasteiger partial charge in [-0.2, -0.15) is 0 Å². The maximum atomic E-state index is 11.7. The summed E-state index contributed by atoms with van der Waals surface area (Å²) in [6.45, 7) is 0. The highest BCUT2D eigenvalue weighted by atomic mass is 79.9. The van der Waals surface area contributed by atoms with Crippen molar-refractivity contribution in [3.63, 3.8) is 0 Å². The lowest BCUT2D eigenvalue weighted by atomic mass is 10.2. The molecular weight excluding hydrogens is 264 g/mol. The lowest BCUT2D eigenvalue weighted by Crippen LogP contribution is -2.09. The van der Waals surface area contributed by atoms with Crippen LogP contribution in [0.2, 0.25) is 0 Å². The molecule has 15 heavy (non-hydrogen) atoms. The van der Waals surface area contributed by atoms with Gasteiger partial charge < -0.3 is 9.52 Å². The van der Waals surface area contributed by atoms with Crippen molar-refractivity contribution in [2.24, 2.45) is 0 Å². The van der Waals surface area contributed by atoms with Crippen LogP contribution in [0, 0.1) is 0 Å². The summed E-state index contributed by atoms with van der Waals surface area (Å²) in [7, 11) is 0. The van der Waals surface area contributed by atoms with Gasteiger partial charge in [-0.25, -0.2) is 4.79 Å². The van der Waals surface area contributed by atoms with Gasteiger partial charge >= 0.3 is 5.97 Å². The molecule has 0 unspecified atom stereocenters. The van der Waals surface area contributed by atoms with E-state index in [1.807, 2.05) is 0 Å². The van der Waals surface area contributed by atoms with Gasteiger partial charge in [0.1, 0.15) is 10.1 Å². The standard InChI is InChI=1S/C10H5BrO4/c11-7-8(12)5-3-1-2-4-6(5)15-9(7)10(13)14/h1-4H,(H,13,14). The number of rotatable bonds is 1. The van der Waals surface area contributed by atoms with Crippen LogP contribution in [0.15, 0.2) is 37.9 Å². The van der Waals surface area contributed by atoms with Crippen molar-refractivity contribution in [1.82, 2.24) is 0 Å². The number of fused-ring (bicyclic) bond motifs is 1. The highest BCUT2D eigenvalue weighted by molar-refractivity contribution is 9.10. The molecule has 1 N–H and O–H groups in total. The summed E-state index contributed by atoms with van der Waals surface area (Å²) in [6, 6.07) is 6.49. The topological polar surface area (TPSA) is 67.5 Å². The normalized spacial score (nSPS) is 10.5. The third kappa shape index (κ3) is 1.55. The van der Waals surface area contributed by atoms with E-state index in [0.717, 1.165) is 0 Å². The zero-order valence-electron chi connectivity index (χ0n) is 7.36. The van der Waals surface area contributed by atoms with Crippen molar-refractivity contribution >= 4 is 32.9 Å². The Labute approximate surface area is 92.3 Å². The summed E-state index contributed by atoms with van der Waals surface area (Å²) < 4.78 is 5.03. The lowest BCUT2D eigenvalue weighted by Gasteiger charge is -2.00. The van der Waals surface area contributed by atoms with Gasteiger partial charge in [0.15, 0.2) is 0 Å². The van der Waals surface area contributed by atoms with Gasteiger partial charge in [-0.15, -0.1) is 0 Å². The summed E-state index contributed by atoms with van der Waals surface area (Å²) in [5.41, 5.74) is -0.114. The molecule has 76 valence electrons. The fourth-order valence-electron chi connectivity index (χ4n) is 1.26. The third-order valence-corrected chi connectivity index (χ3v) is 2.66. The zero-order chi connectivity index (χ0) is 11.0. The quantitative estimate of drug-likeness (QED) is 0.862. The van der Waals surface area contributed by atoms with Gasteiger partial charge in [0.25, 0.3) is 0 Å². The maximum absolute atomic E-state index is 11.7. The van der Waals surface area contributed by atoms with Crippen molar-refractivity contribution in [3.8, 4) is 0 Å². The van der Waals surface area contributed by atoms with Crippen LogP contribution in [0.25, 0.3) is 11.0 Å². The maximum Gasteiger partial charge on any atom is 0.373 e. The molecule has 0 radical (unpaired) electrons. The molecule has 0 saturated carbocycles. The van der Waals surface area contributed by atoms with Crippen LogP contribution in [-0.4, -0.2) is 11.1 Å². The minimum absolute atomic E-state index is 0.0614. The van der Waals surface area contributed by atoms with Crippen LogP contribution < -0.4 is 5.43 Å². The molecule has 1 aromatic carbocycles. The molecule has 0 saturated heterocycles. The minimum atomic E-state index is -1.27. The van der Waals surface area contributed by atoms with Gasteiger partial charge in [0.05, 0.1) is 5.39 Å². The van der Waals surface area contributed by atoms with Gasteiger partial charge in [-0.1, -0.05) is 12.1 Å². The van der Waals surface area contributed by atoms with Gasteiger partial charge in [0.2, 0.25) is 11.2 Å². The smallest absolute Gasteiger partial charge is 0.373 e. The number of hydrogen-bond acceptors (Lipinski definition) is 3. The molecule has 0 fully saturated rings. The Hall–Kier alpha value is -1.62. The number of carboxylic acids is 1. The predicted octanol–water partition coefficient (Wildman–Crippen LogP) is 2.25. The van der Waals surface area contributed by atoms with E-state index < -0.39 is 5.97 Å². The van der Waals surface area contributed by atoms with E-state index in [2.05, 4.69) is 15.9 Å². The average Bonchev–Trinajstić information content (AvgIpc) is 2.23. The van der Waals surface area contributed by atoms with E-state index in [1.54, 1.807) is 24.3 Å². The number of halogens is 1. The molecular formula is C10H5BrO4. The molecule has 0 spiro atoms. The number of carbonyl (C=O) groups is 1. The zero-order valence-corrected chi connectivity index (χ0v) is 8.95. The molecule has 0 aliphatic rings. The molecule has 5 heteroatoms. The van der Waals surface area contributed by atoms with Crippen molar-refractivity contribution in [1.29, 1.82) is 0 Å². The Balaban J connectivity index is 2.95. The van der Waals surface area contributed by atoms with E-state index in [1.165, 1.54) is 0 Å². The van der Waals surface area contributed by atoms with Gasteiger partial charge in [-0.05, 0) is 28.1 Å². The summed E-state index contributed by atoms with van der Waals surface area (Å²) >= 11 is 2.91. The molecule has 0 atom stereocenters. The first-order valence-corrected chi connectivity index (χ1v) is 4.85. The van der Waals surface area contributed by atoms with Crippen molar-refractivity contribution < 1.29 is 14.3 Å². The Bertz CT molecular complexity index is 600. The highest BCUT2D eigenvalue weighted by Gasteiger charge is 2.17. The molecule has 0 bridgehead atoms. The second-order valence-corrected chi connectivity index (χ2v) is 3.67. The van der Waals surface area contributed by atoms with Crippen LogP contribution in [-0.2, 0) is 0 Å². The van der Waals surface area contributed by atoms with E-state index in [-0.39, 0.29) is 21.2 Å². The second-order valence-electron chi connectivity index (χ2n) is 2.88. The van der Waals surface area contributed by atoms with Crippen molar-refractivity contribution in [3.05, 3.63) is 44.7 Å². The summed E-state index contributed by atoms with van der Waals surface area (Å²) in [4.78, 5) is 22.4. The molecule has 4 nitrogen and oxygen atoms in total. The molecule has 2 aromatic rings. The molecule has 1 aromatic heterocycles. The Morgan fingerprint density at radius 3 is 2.67 bits per heavy atom. The van der Waals surface area contributed by atoms with Crippen molar-refractivity contribution in [2.45, 2.75) is 0 Å². The third-order valence-electron chi connectivity index (χ3n) is 1.94. The first-order valence-electron chi connectivity index (χ1n) is 4.06. The number of hydrogen-bond donors (Lipinski definition) is 1. The number of benzene rings is 1. The molecule has 0 amide bonds. The van der Waals surface area contributed by atoms with E-state index in [9.17, 15) is 9.59 Å². The molecule has 0 aliphatic carbocycles. The summed E-state index contributed by atoms with van der Waals surface area (Å²) in [5.74, 6) is -1.65. The molecule has 1 heterocycles. The molecule has 2 rings (SSSR count). The average molecular weight is 269 g/mol. The Morgan fingerprint density at radius 2 is 2.00 bits per heavy atom. The number of aromatic carboxylic acids is 1. The fraction of sp³-hybridized carbons (Fsp3) is 0. The minimum Gasteiger partial charge on any atom is -0.475 e. The van der Waals surface area contributed by atoms with Crippen LogP contribution in [0.4, 0.5) is 0 Å². The summed E-state index contributed by atoms with van der Waals surface area (Å²) in [6.07, 6.45) is 0. The lowest BCUT2D eigenvalue weighted by molar-refractivity contribution is 0.0661. The first kappa shape index (κ1) is 9.92. The van der Waals surface area contributed by atoms with E-state index in [0.29, 0.717) is 5.39 Å². The monoisotopic (exact) mass is 268 g/mol.